The van der Waals surface area contributed by atoms with E-state index in [2.05, 4.69) is 38.0 Å². The molecule has 0 unspecified atom stereocenters. The van der Waals surface area contributed by atoms with Crippen LogP contribution in [0.2, 0.25) is 0 Å². The van der Waals surface area contributed by atoms with Gasteiger partial charge in [-0.1, -0.05) is 51.2 Å². The van der Waals surface area contributed by atoms with Crippen molar-refractivity contribution in [3.63, 3.8) is 0 Å². The first kappa shape index (κ1) is 18.1. The van der Waals surface area contributed by atoms with Crippen LogP contribution in [-0.2, 0) is 6.42 Å². The summed E-state index contributed by atoms with van der Waals surface area (Å²) in [6.07, 6.45) is 1.30. The summed E-state index contributed by atoms with van der Waals surface area (Å²) in [6, 6.07) is 7.57. The van der Waals surface area contributed by atoms with Crippen LogP contribution in [-0.4, -0.2) is 21.9 Å². The smallest absolute Gasteiger partial charge is 0.258 e. The van der Waals surface area contributed by atoms with Crippen molar-refractivity contribution in [2.75, 3.05) is 5.32 Å². The second-order valence-corrected chi connectivity index (χ2v) is 9.97. The molecule has 0 saturated carbocycles. The fourth-order valence-electron chi connectivity index (χ4n) is 2.95. The standard InChI is InChI=1S/C19H22N2O2S2/c1-11(2)24-15-8-6-5-7-12(15)17(23)21-18-20-13-9-19(3,4)10-14(22)16(13)25-18/h5-8,11H,9-10H2,1-4H3,(H,20,21,23). The average Bonchev–Trinajstić information content (AvgIpc) is 2.88. The summed E-state index contributed by atoms with van der Waals surface area (Å²) in [6.45, 7) is 8.35. The molecule has 0 spiro atoms. The lowest BCUT2D eigenvalue weighted by Gasteiger charge is -2.26. The Morgan fingerprint density at radius 2 is 2.00 bits per heavy atom. The molecule has 0 saturated heterocycles. The summed E-state index contributed by atoms with van der Waals surface area (Å²) in [4.78, 5) is 31.2. The molecule has 6 heteroatoms. The van der Waals surface area contributed by atoms with Crippen molar-refractivity contribution in [3.05, 3.63) is 40.4 Å². The summed E-state index contributed by atoms with van der Waals surface area (Å²) in [5, 5.41) is 3.77. The fraction of sp³-hybridized carbons (Fsp3) is 0.421. The van der Waals surface area contributed by atoms with Gasteiger partial charge in [-0.2, -0.15) is 0 Å². The zero-order valence-electron chi connectivity index (χ0n) is 14.9. The second kappa shape index (κ2) is 6.92. The van der Waals surface area contributed by atoms with Crippen molar-refractivity contribution < 1.29 is 9.59 Å². The minimum Gasteiger partial charge on any atom is -0.298 e. The van der Waals surface area contributed by atoms with Crippen LogP contribution in [0.1, 0.15) is 59.8 Å². The Bertz CT molecular complexity index is 825. The van der Waals surface area contributed by atoms with Crippen LogP contribution in [0.15, 0.2) is 29.2 Å². The van der Waals surface area contributed by atoms with Crippen LogP contribution in [0, 0.1) is 5.41 Å². The third kappa shape index (κ3) is 4.12. The topological polar surface area (TPSA) is 59.1 Å². The Morgan fingerprint density at radius 1 is 1.28 bits per heavy atom. The first-order valence-corrected chi connectivity index (χ1v) is 10.0. The van der Waals surface area contributed by atoms with Gasteiger partial charge in [0.05, 0.1) is 16.1 Å². The molecule has 2 aromatic rings. The van der Waals surface area contributed by atoms with Crippen LogP contribution in [0.4, 0.5) is 5.13 Å². The van der Waals surface area contributed by atoms with Crippen molar-refractivity contribution in [2.45, 2.75) is 50.7 Å². The van der Waals surface area contributed by atoms with E-state index in [9.17, 15) is 9.59 Å². The highest BCUT2D eigenvalue weighted by Gasteiger charge is 2.34. The summed E-state index contributed by atoms with van der Waals surface area (Å²) in [7, 11) is 0. The van der Waals surface area contributed by atoms with E-state index in [4.69, 9.17) is 0 Å². The zero-order chi connectivity index (χ0) is 18.2. The van der Waals surface area contributed by atoms with Gasteiger partial charge < -0.3 is 0 Å². The van der Waals surface area contributed by atoms with Crippen molar-refractivity contribution in [1.29, 1.82) is 0 Å². The number of carbonyl (C=O) groups excluding carboxylic acids is 2. The van der Waals surface area contributed by atoms with Crippen LogP contribution in [0.25, 0.3) is 0 Å². The maximum Gasteiger partial charge on any atom is 0.258 e. The molecule has 3 rings (SSSR count). The number of hydrogen-bond acceptors (Lipinski definition) is 5. The quantitative estimate of drug-likeness (QED) is 0.761. The number of aromatic nitrogens is 1. The van der Waals surface area contributed by atoms with Gasteiger partial charge in [-0.15, -0.1) is 11.8 Å². The van der Waals surface area contributed by atoms with Crippen molar-refractivity contribution in [3.8, 4) is 0 Å². The summed E-state index contributed by atoms with van der Waals surface area (Å²) in [5.74, 6) is -0.0541. The van der Waals surface area contributed by atoms with E-state index in [1.807, 2.05) is 24.3 Å². The molecule has 0 bridgehead atoms. The molecular weight excluding hydrogens is 352 g/mol. The number of ketones is 1. The highest BCUT2D eigenvalue weighted by Crippen LogP contribution is 2.38. The molecule has 1 aromatic heterocycles. The van der Waals surface area contributed by atoms with Gasteiger partial charge in [0, 0.05) is 16.6 Å². The lowest BCUT2D eigenvalue weighted by molar-refractivity contribution is 0.0915. The van der Waals surface area contributed by atoms with E-state index in [0.717, 1.165) is 17.0 Å². The lowest BCUT2D eigenvalue weighted by Crippen LogP contribution is -2.26. The Kier molecular flexibility index (Phi) is 5.02. The highest BCUT2D eigenvalue weighted by molar-refractivity contribution is 8.00. The second-order valence-electron chi connectivity index (χ2n) is 7.35. The first-order valence-electron chi connectivity index (χ1n) is 8.35. The monoisotopic (exact) mass is 374 g/mol. The number of fused-ring (bicyclic) bond motifs is 1. The molecule has 1 N–H and O–H groups in total. The number of hydrogen-bond donors (Lipinski definition) is 1. The van der Waals surface area contributed by atoms with E-state index in [1.165, 1.54) is 11.3 Å². The molecule has 0 atom stereocenters. The van der Waals surface area contributed by atoms with E-state index >= 15 is 0 Å². The SMILES string of the molecule is CC(C)Sc1ccccc1C(=O)Nc1nc2c(s1)C(=O)CC(C)(C)C2. The van der Waals surface area contributed by atoms with Gasteiger partial charge in [0.25, 0.3) is 5.91 Å². The van der Waals surface area contributed by atoms with E-state index in [-0.39, 0.29) is 17.1 Å². The van der Waals surface area contributed by atoms with Crippen LogP contribution in [0.3, 0.4) is 0 Å². The maximum absolute atomic E-state index is 12.7. The molecule has 4 nitrogen and oxygen atoms in total. The highest BCUT2D eigenvalue weighted by atomic mass is 32.2. The lowest BCUT2D eigenvalue weighted by atomic mass is 9.78. The Balaban J connectivity index is 1.83. The number of carbonyl (C=O) groups is 2. The number of thiazole rings is 1. The molecule has 0 fully saturated rings. The number of thioether (sulfide) groups is 1. The largest absolute Gasteiger partial charge is 0.298 e. The number of nitrogens with zero attached hydrogens (tertiary/aromatic N) is 1. The Labute approximate surface area is 156 Å². The van der Waals surface area contributed by atoms with Crippen LogP contribution in [0.5, 0.6) is 0 Å². The van der Waals surface area contributed by atoms with Gasteiger partial charge in [-0.25, -0.2) is 4.98 Å². The predicted octanol–water partition coefficient (Wildman–Crippen LogP) is 5.05. The molecule has 1 aliphatic carbocycles. The minimum absolute atomic E-state index is 0.0695. The number of anilines is 1. The molecule has 1 heterocycles. The van der Waals surface area contributed by atoms with E-state index < -0.39 is 0 Å². The molecule has 132 valence electrons. The molecule has 25 heavy (non-hydrogen) atoms. The summed E-state index contributed by atoms with van der Waals surface area (Å²) >= 11 is 2.95. The number of nitrogens with one attached hydrogen (secondary N) is 1. The molecule has 0 aliphatic heterocycles. The molecule has 0 radical (unpaired) electrons. The van der Waals surface area contributed by atoms with Gasteiger partial charge >= 0.3 is 0 Å². The van der Waals surface area contributed by atoms with Crippen LogP contribution >= 0.6 is 23.1 Å². The van der Waals surface area contributed by atoms with Gasteiger partial charge in [0.15, 0.2) is 10.9 Å². The predicted molar refractivity (Wildman–Crippen MR) is 104 cm³/mol. The summed E-state index contributed by atoms with van der Waals surface area (Å²) in [5.41, 5.74) is 1.38. The molecule has 1 amide bonds. The van der Waals surface area contributed by atoms with Gasteiger partial charge in [-0.05, 0) is 24.0 Å². The number of amides is 1. The van der Waals surface area contributed by atoms with E-state index in [1.54, 1.807) is 11.8 Å². The number of benzene rings is 1. The van der Waals surface area contributed by atoms with Crippen molar-refractivity contribution >= 4 is 39.9 Å². The minimum atomic E-state index is -0.179. The third-order valence-corrected chi connectivity index (χ3v) is 6.09. The van der Waals surface area contributed by atoms with Crippen LogP contribution < -0.4 is 5.32 Å². The van der Waals surface area contributed by atoms with Gasteiger partial charge in [-0.3, -0.25) is 14.9 Å². The maximum atomic E-state index is 12.7. The number of Topliss-reactive ketones (excluding diaryl/α,β-unsaturated/α-hetero) is 1. The molecular formula is C19H22N2O2S2. The summed E-state index contributed by atoms with van der Waals surface area (Å²) < 4.78 is 0. The van der Waals surface area contributed by atoms with E-state index in [0.29, 0.717) is 27.2 Å². The van der Waals surface area contributed by atoms with Crippen molar-refractivity contribution in [1.82, 2.24) is 4.98 Å². The zero-order valence-corrected chi connectivity index (χ0v) is 16.5. The average molecular weight is 375 g/mol. The number of rotatable bonds is 4. The third-order valence-electron chi connectivity index (χ3n) is 3.95. The normalized spacial score (nSPS) is 16.0. The van der Waals surface area contributed by atoms with Gasteiger partial charge in [0.1, 0.15) is 0 Å². The molecule has 1 aromatic carbocycles. The fourth-order valence-corrected chi connectivity index (χ4v) is 4.82. The van der Waals surface area contributed by atoms with Crippen molar-refractivity contribution in [2.24, 2.45) is 5.41 Å². The Hall–Kier alpha value is -1.66. The Morgan fingerprint density at radius 3 is 2.72 bits per heavy atom. The van der Waals surface area contributed by atoms with Gasteiger partial charge in [0.2, 0.25) is 0 Å². The molecule has 1 aliphatic rings. The first-order chi connectivity index (χ1) is 11.7.